The standard InChI is InChI=1S/C22H27N3O3/c1-28-18-6-7-19-15(13-18)12-16(20(26)23-19)14-24-10-2-8-22(24)9-3-11-25(21(22)27)17-4-5-17/h6-7,12-13,17H,2-5,8-11,14H2,1H3,(H,23,26). The minimum atomic E-state index is -0.406. The Bertz CT molecular complexity index is 981. The van der Waals surface area contributed by atoms with E-state index in [1.54, 1.807) is 7.11 Å². The Balaban J connectivity index is 1.47. The number of amides is 1. The number of carbonyl (C=O) groups excluding carboxylic acids is 1. The molecular formula is C22H27N3O3. The highest BCUT2D eigenvalue weighted by Crippen LogP contribution is 2.42. The molecule has 5 rings (SSSR count). The summed E-state index contributed by atoms with van der Waals surface area (Å²) in [5.41, 5.74) is 1.05. The number of methoxy groups -OCH3 is 1. The number of aromatic amines is 1. The Morgan fingerprint density at radius 1 is 1.14 bits per heavy atom. The third-order valence-electron chi connectivity index (χ3n) is 6.75. The Hall–Kier alpha value is -2.34. The molecule has 2 aromatic rings. The summed E-state index contributed by atoms with van der Waals surface area (Å²) < 4.78 is 5.32. The first kappa shape index (κ1) is 17.7. The Morgan fingerprint density at radius 2 is 1.93 bits per heavy atom. The molecular weight excluding hydrogens is 354 g/mol. The maximum Gasteiger partial charge on any atom is 0.252 e. The van der Waals surface area contributed by atoms with Crippen molar-refractivity contribution in [1.82, 2.24) is 14.8 Å². The first-order valence-electron chi connectivity index (χ1n) is 10.4. The third-order valence-corrected chi connectivity index (χ3v) is 6.75. The van der Waals surface area contributed by atoms with Crippen molar-refractivity contribution in [3.8, 4) is 5.75 Å². The van der Waals surface area contributed by atoms with Gasteiger partial charge in [0.25, 0.3) is 5.56 Å². The van der Waals surface area contributed by atoms with Crippen molar-refractivity contribution < 1.29 is 9.53 Å². The van der Waals surface area contributed by atoms with Gasteiger partial charge in [-0.25, -0.2) is 0 Å². The zero-order valence-corrected chi connectivity index (χ0v) is 16.4. The normalized spacial score (nSPS) is 25.8. The second kappa shape index (κ2) is 6.62. The zero-order valence-electron chi connectivity index (χ0n) is 16.4. The summed E-state index contributed by atoms with van der Waals surface area (Å²) in [4.78, 5) is 33.5. The molecule has 28 heavy (non-hydrogen) atoms. The van der Waals surface area contributed by atoms with E-state index in [0.717, 1.165) is 73.8 Å². The van der Waals surface area contributed by atoms with Gasteiger partial charge >= 0.3 is 0 Å². The number of ether oxygens (including phenoxy) is 1. The van der Waals surface area contributed by atoms with E-state index in [-0.39, 0.29) is 5.56 Å². The van der Waals surface area contributed by atoms with Gasteiger partial charge in [0.1, 0.15) is 11.3 Å². The second-order valence-corrected chi connectivity index (χ2v) is 8.47. The molecule has 1 saturated carbocycles. The van der Waals surface area contributed by atoms with Gasteiger partial charge in [0.2, 0.25) is 5.91 Å². The van der Waals surface area contributed by atoms with Crippen LogP contribution in [0.1, 0.15) is 44.1 Å². The minimum absolute atomic E-state index is 0.0676. The summed E-state index contributed by atoms with van der Waals surface area (Å²) in [6.07, 6.45) is 6.19. The number of hydrogen-bond donors (Lipinski definition) is 1. The van der Waals surface area contributed by atoms with Gasteiger partial charge in [0, 0.05) is 35.6 Å². The van der Waals surface area contributed by atoms with Crippen molar-refractivity contribution in [2.45, 2.75) is 56.7 Å². The fourth-order valence-electron chi connectivity index (χ4n) is 5.12. The van der Waals surface area contributed by atoms with Crippen LogP contribution in [-0.2, 0) is 11.3 Å². The zero-order chi connectivity index (χ0) is 19.3. The van der Waals surface area contributed by atoms with E-state index in [2.05, 4.69) is 14.8 Å². The summed E-state index contributed by atoms with van der Waals surface area (Å²) in [6.45, 7) is 2.29. The van der Waals surface area contributed by atoms with Crippen LogP contribution in [0.4, 0.5) is 0 Å². The molecule has 6 heteroatoms. The predicted octanol–water partition coefficient (Wildman–Crippen LogP) is 2.66. The Morgan fingerprint density at radius 3 is 2.68 bits per heavy atom. The van der Waals surface area contributed by atoms with Gasteiger partial charge in [-0.2, -0.15) is 0 Å². The number of rotatable bonds is 4. The number of hydrogen-bond acceptors (Lipinski definition) is 4. The van der Waals surface area contributed by atoms with Crippen LogP contribution in [0.15, 0.2) is 29.1 Å². The van der Waals surface area contributed by atoms with Crippen molar-refractivity contribution in [1.29, 1.82) is 0 Å². The van der Waals surface area contributed by atoms with E-state index in [1.807, 2.05) is 24.3 Å². The molecule has 1 aromatic heterocycles. The fourth-order valence-corrected chi connectivity index (χ4v) is 5.12. The fraction of sp³-hybridized carbons (Fsp3) is 0.545. The van der Waals surface area contributed by atoms with Gasteiger partial charge < -0.3 is 14.6 Å². The van der Waals surface area contributed by atoms with Gasteiger partial charge in [-0.15, -0.1) is 0 Å². The van der Waals surface area contributed by atoms with Crippen molar-refractivity contribution in [3.63, 3.8) is 0 Å². The van der Waals surface area contributed by atoms with Crippen LogP contribution in [0.3, 0.4) is 0 Å². The highest BCUT2D eigenvalue weighted by Gasteiger charge is 2.53. The largest absolute Gasteiger partial charge is 0.497 e. The first-order chi connectivity index (χ1) is 13.6. The highest BCUT2D eigenvalue weighted by atomic mass is 16.5. The molecule has 0 radical (unpaired) electrons. The van der Waals surface area contributed by atoms with Crippen molar-refractivity contribution in [2.24, 2.45) is 0 Å². The van der Waals surface area contributed by atoms with Gasteiger partial charge in [0.05, 0.1) is 7.11 Å². The molecule has 1 spiro atoms. The number of carbonyl (C=O) groups is 1. The summed E-state index contributed by atoms with van der Waals surface area (Å²) >= 11 is 0. The molecule has 1 unspecified atom stereocenters. The molecule has 1 aromatic carbocycles. The lowest BCUT2D eigenvalue weighted by Gasteiger charge is -2.45. The number of benzene rings is 1. The molecule has 1 N–H and O–H groups in total. The van der Waals surface area contributed by atoms with E-state index in [1.165, 1.54) is 0 Å². The van der Waals surface area contributed by atoms with Crippen LogP contribution < -0.4 is 10.3 Å². The van der Waals surface area contributed by atoms with Crippen molar-refractivity contribution in [3.05, 3.63) is 40.2 Å². The van der Waals surface area contributed by atoms with E-state index in [0.29, 0.717) is 18.5 Å². The second-order valence-electron chi connectivity index (χ2n) is 8.47. The summed E-state index contributed by atoms with van der Waals surface area (Å²) in [5.74, 6) is 1.07. The van der Waals surface area contributed by atoms with E-state index in [9.17, 15) is 9.59 Å². The molecule has 3 aliphatic rings. The number of H-pyrrole nitrogens is 1. The van der Waals surface area contributed by atoms with E-state index < -0.39 is 5.54 Å². The average molecular weight is 381 g/mol. The average Bonchev–Trinajstić information content (AvgIpc) is 3.47. The lowest BCUT2D eigenvalue weighted by molar-refractivity contribution is -0.148. The predicted molar refractivity (Wildman–Crippen MR) is 107 cm³/mol. The molecule has 6 nitrogen and oxygen atoms in total. The Kier molecular flexibility index (Phi) is 4.19. The van der Waals surface area contributed by atoms with Crippen LogP contribution in [0, 0.1) is 0 Å². The van der Waals surface area contributed by atoms with Crippen LogP contribution >= 0.6 is 0 Å². The number of nitrogens with zero attached hydrogens (tertiary/aromatic N) is 2. The van der Waals surface area contributed by atoms with Crippen molar-refractivity contribution >= 4 is 16.8 Å². The number of pyridine rings is 1. The molecule has 3 fully saturated rings. The van der Waals surface area contributed by atoms with Crippen LogP contribution in [0.5, 0.6) is 5.75 Å². The summed E-state index contributed by atoms with van der Waals surface area (Å²) in [5, 5.41) is 0.955. The van der Waals surface area contributed by atoms with Crippen LogP contribution in [-0.4, -0.2) is 52.5 Å². The molecule has 1 amide bonds. The smallest absolute Gasteiger partial charge is 0.252 e. The van der Waals surface area contributed by atoms with Gasteiger partial charge in [-0.1, -0.05) is 0 Å². The number of nitrogens with one attached hydrogen (secondary N) is 1. The Labute approximate surface area is 164 Å². The maximum absolute atomic E-state index is 13.4. The molecule has 3 heterocycles. The number of fused-ring (bicyclic) bond motifs is 1. The lowest BCUT2D eigenvalue weighted by atomic mass is 9.85. The SMILES string of the molecule is COc1ccc2[nH]c(=O)c(CN3CCCC34CCCN(C3CC3)C4=O)cc2c1. The maximum atomic E-state index is 13.4. The van der Waals surface area contributed by atoms with Gasteiger partial charge in [-0.3, -0.25) is 14.5 Å². The first-order valence-corrected chi connectivity index (χ1v) is 10.4. The minimum Gasteiger partial charge on any atom is -0.497 e. The molecule has 2 saturated heterocycles. The quantitative estimate of drug-likeness (QED) is 0.884. The van der Waals surface area contributed by atoms with Crippen LogP contribution in [0.2, 0.25) is 0 Å². The highest BCUT2D eigenvalue weighted by molar-refractivity contribution is 5.88. The van der Waals surface area contributed by atoms with Gasteiger partial charge in [-0.05, 0) is 69.3 Å². The lowest BCUT2D eigenvalue weighted by Crippen LogP contribution is -2.60. The number of piperidine rings is 1. The number of likely N-dealkylation sites (tertiary alicyclic amines) is 2. The van der Waals surface area contributed by atoms with Gasteiger partial charge in [0.15, 0.2) is 0 Å². The van der Waals surface area contributed by atoms with E-state index >= 15 is 0 Å². The molecule has 1 atom stereocenters. The molecule has 2 aliphatic heterocycles. The van der Waals surface area contributed by atoms with E-state index in [4.69, 9.17) is 4.74 Å². The molecule has 0 bridgehead atoms. The third kappa shape index (κ3) is 2.82. The summed E-state index contributed by atoms with van der Waals surface area (Å²) in [7, 11) is 1.64. The number of aromatic nitrogens is 1. The van der Waals surface area contributed by atoms with Crippen LogP contribution in [0.25, 0.3) is 10.9 Å². The van der Waals surface area contributed by atoms with Crippen molar-refractivity contribution in [2.75, 3.05) is 20.2 Å². The monoisotopic (exact) mass is 381 g/mol. The molecule has 148 valence electrons. The molecule has 1 aliphatic carbocycles. The summed E-state index contributed by atoms with van der Waals surface area (Å²) in [6, 6.07) is 8.07. The topological polar surface area (TPSA) is 65.6 Å².